The Balaban J connectivity index is 2.29. The highest BCUT2D eigenvalue weighted by Crippen LogP contribution is 2.29. The summed E-state index contributed by atoms with van der Waals surface area (Å²) in [6.45, 7) is 5.53. The average molecular weight is 160 g/mol. The first-order chi connectivity index (χ1) is 5.92. The van der Waals surface area contributed by atoms with E-state index in [4.69, 9.17) is 0 Å². The van der Waals surface area contributed by atoms with Crippen molar-refractivity contribution in [2.24, 2.45) is 0 Å². The van der Waals surface area contributed by atoms with E-state index in [-0.39, 0.29) is 0 Å². The molecule has 0 saturated carbocycles. The fourth-order valence-electron chi connectivity index (χ4n) is 1.48. The van der Waals surface area contributed by atoms with Gasteiger partial charge in [0.15, 0.2) is 0 Å². The Bertz CT molecular complexity index is 294. The van der Waals surface area contributed by atoms with E-state index in [1.54, 1.807) is 0 Å². The molecule has 1 aromatic carbocycles. The highest BCUT2D eigenvalue weighted by atomic mass is 15.3. The fraction of sp³-hybridized carbons (Fsp3) is 0.200. The van der Waals surface area contributed by atoms with Gasteiger partial charge in [0.1, 0.15) is 0 Å². The molecule has 0 aromatic heterocycles. The summed E-state index contributed by atoms with van der Waals surface area (Å²) >= 11 is 0. The predicted octanol–water partition coefficient (Wildman–Crippen LogP) is 2.06. The largest absolute Gasteiger partial charge is 0.366 e. The van der Waals surface area contributed by atoms with Crippen molar-refractivity contribution in [2.75, 3.05) is 23.4 Å². The van der Waals surface area contributed by atoms with Gasteiger partial charge in [0.25, 0.3) is 0 Å². The smallest absolute Gasteiger partial charge is 0.0881 e. The molecule has 1 aromatic rings. The SMILES string of the molecule is C=CCN1CNc2ccccc21. The zero-order chi connectivity index (χ0) is 8.39. The van der Waals surface area contributed by atoms with Crippen LogP contribution in [-0.4, -0.2) is 13.2 Å². The van der Waals surface area contributed by atoms with Crippen LogP contribution in [0.15, 0.2) is 36.9 Å². The van der Waals surface area contributed by atoms with Crippen molar-refractivity contribution in [1.29, 1.82) is 0 Å². The summed E-state index contributed by atoms with van der Waals surface area (Å²) in [6, 6.07) is 8.32. The second-order valence-electron chi connectivity index (χ2n) is 2.86. The number of hydrogen-bond donors (Lipinski definition) is 1. The third kappa shape index (κ3) is 1.05. The lowest BCUT2D eigenvalue weighted by atomic mass is 10.2. The summed E-state index contributed by atoms with van der Waals surface area (Å²) in [7, 11) is 0. The van der Waals surface area contributed by atoms with Crippen LogP contribution in [0.25, 0.3) is 0 Å². The summed E-state index contributed by atoms with van der Waals surface area (Å²) < 4.78 is 0. The van der Waals surface area contributed by atoms with Crippen molar-refractivity contribution in [1.82, 2.24) is 0 Å². The molecule has 2 heteroatoms. The Morgan fingerprint density at radius 1 is 1.50 bits per heavy atom. The molecule has 62 valence electrons. The molecule has 0 radical (unpaired) electrons. The molecule has 0 saturated heterocycles. The number of anilines is 2. The molecule has 0 amide bonds. The van der Waals surface area contributed by atoms with Crippen molar-refractivity contribution >= 4 is 11.4 Å². The van der Waals surface area contributed by atoms with Gasteiger partial charge in [-0.05, 0) is 12.1 Å². The van der Waals surface area contributed by atoms with Gasteiger partial charge in [-0.25, -0.2) is 0 Å². The quantitative estimate of drug-likeness (QED) is 0.666. The molecule has 0 unspecified atom stereocenters. The number of para-hydroxylation sites is 2. The maximum atomic E-state index is 3.73. The van der Waals surface area contributed by atoms with Crippen molar-refractivity contribution in [3.05, 3.63) is 36.9 Å². The minimum absolute atomic E-state index is 0.894. The Morgan fingerprint density at radius 2 is 2.33 bits per heavy atom. The van der Waals surface area contributed by atoms with Crippen LogP contribution in [0.4, 0.5) is 11.4 Å². The molecular formula is C10H12N2. The molecule has 12 heavy (non-hydrogen) atoms. The third-order valence-corrected chi connectivity index (χ3v) is 2.05. The molecule has 1 N–H and O–H groups in total. The van der Waals surface area contributed by atoms with Crippen LogP contribution < -0.4 is 10.2 Å². The normalized spacial score (nSPS) is 13.8. The lowest BCUT2D eigenvalue weighted by Crippen LogP contribution is -2.22. The van der Waals surface area contributed by atoms with Crippen molar-refractivity contribution in [2.45, 2.75) is 0 Å². The minimum atomic E-state index is 0.894. The maximum Gasteiger partial charge on any atom is 0.0881 e. The Hall–Kier alpha value is -1.44. The van der Waals surface area contributed by atoms with Crippen LogP contribution in [0.1, 0.15) is 0 Å². The zero-order valence-corrected chi connectivity index (χ0v) is 6.96. The summed E-state index contributed by atoms with van der Waals surface area (Å²) in [6.07, 6.45) is 1.92. The number of nitrogens with one attached hydrogen (secondary N) is 1. The first-order valence-electron chi connectivity index (χ1n) is 4.10. The van der Waals surface area contributed by atoms with E-state index in [2.05, 4.69) is 35.0 Å². The molecule has 1 aliphatic rings. The van der Waals surface area contributed by atoms with E-state index >= 15 is 0 Å². The van der Waals surface area contributed by atoms with E-state index in [9.17, 15) is 0 Å². The average Bonchev–Trinajstić information content (AvgIpc) is 2.50. The second-order valence-corrected chi connectivity index (χ2v) is 2.86. The van der Waals surface area contributed by atoms with Gasteiger partial charge in [-0.1, -0.05) is 18.2 Å². The number of fused-ring (bicyclic) bond motifs is 1. The lowest BCUT2D eigenvalue weighted by Gasteiger charge is -2.14. The van der Waals surface area contributed by atoms with Crippen LogP contribution >= 0.6 is 0 Å². The Labute approximate surface area is 72.5 Å². The van der Waals surface area contributed by atoms with Gasteiger partial charge >= 0.3 is 0 Å². The molecule has 0 atom stereocenters. The van der Waals surface area contributed by atoms with Crippen molar-refractivity contribution in [3.8, 4) is 0 Å². The first kappa shape index (κ1) is 7.22. The van der Waals surface area contributed by atoms with Gasteiger partial charge in [0.2, 0.25) is 0 Å². The summed E-state index contributed by atoms with van der Waals surface area (Å²) in [5.41, 5.74) is 2.50. The van der Waals surface area contributed by atoms with Gasteiger partial charge in [-0.15, -0.1) is 6.58 Å². The van der Waals surface area contributed by atoms with Gasteiger partial charge in [-0.3, -0.25) is 0 Å². The van der Waals surface area contributed by atoms with Crippen molar-refractivity contribution in [3.63, 3.8) is 0 Å². The monoisotopic (exact) mass is 160 g/mol. The summed E-state index contributed by atoms with van der Waals surface area (Å²) in [4.78, 5) is 2.25. The molecule has 0 bridgehead atoms. The fourth-order valence-corrected chi connectivity index (χ4v) is 1.48. The number of hydrogen-bond acceptors (Lipinski definition) is 2. The van der Waals surface area contributed by atoms with E-state index in [0.717, 1.165) is 13.2 Å². The first-order valence-corrected chi connectivity index (χ1v) is 4.10. The van der Waals surface area contributed by atoms with Gasteiger partial charge < -0.3 is 10.2 Å². The van der Waals surface area contributed by atoms with Crippen LogP contribution in [0, 0.1) is 0 Å². The lowest BCUT2D eigenvalue weighted by molar-refractivity contribution is 0.960. The standard InChI is InChI=1S/C10H12N2/c1-2-7-12-8-11-9-5-3-4-6-10(9)12/h2-6,11H,1,7-8H2. The third-order valence-electron chi connectivity index (χ3n) is 2.05. The maximum absolute atomic E-state index is 3.73. The number of benzene rings is 1. The molecule has 0 fully saturated rings. The van der Waals surface area contributed by atoms with E-state index < -0.39 is 0 Å². The van der Waals surface area contributed by atoms with E-state index in [0.29, 0.717) is 0 Å². The van der Waals surface area contributed by atoms with Crippen LogP contribution in [-0.2, 0) is 0 Å². The van der Waals surface area contributed by atoms with Crippen molar-refractivity contribution < 1.29 is 0 Å². The molecule has 2 nitrogen and oxygen atoms in total. The zero-order valence-electron chi connectivity index (χ0n) is 6.96. The Morgan fingerprint density at radius 3 is 3.17 bits per heavy atom. The van der Waals surface area contributed by atoms with E-state index in [1.165, 1.54) is 11.4 Å². The molecule has 1 heterocycles. The van der Waals surface area contributed by atoms with Crippen LogP contribution in [0.2, 0.25) is 0 Å². The molecule has 2 rings (SSSR count). The summed E-state index contributed by atoms with van der Waals surface area (Å²) in [5, 5.41) is 3.31. The minimum Gasteiger partial charge on any atom is -0.366 e. The summed E-state index contributed by atoms with van der Waals surface area (Å²) in [5.74, 6) is 0. The predicted molar refractivity (Wildman–Crippen MR) is 52.5 cm³/mol. The van der Waals surface area contributed by atoms with Crippen LogP contribution in [0.3, 0.4) is 0 Å². The topological polar surface area (TPSA) is 15.3 Å². The highest BCUT2D eigenvalue weighted by molar-refractivity contribution is 5.74. The van der Waals surface area contributed by atoms with Gasteiger partial charge in [0, 0.05) is 6.54 Å². The van der Waals surface area contributed by atoms with Gasteiger partial charge in [0.05, 0.1) is 18.0 Å². The molecule has 0 aliphatic carbocycles. The second kappa shape index (κ2) is 2.89. The van der Waals surface area contributed by atoms with Gasteiger partial charge in [-0.2, -0.15) is 0 Å². The molecular weight excluding hydrogens is 148 g/mol. The molecule has 1 aliphatic heterocycles. The number of rotatable bonds is 2. The van der Waals surface area contributed by atoms with Crippen LogP contribution in [0.5, 0.6) is 0 Å². The number of nitrogens with zero attached hydrogens (tertiary/aromatic N) is 1. The Kier molecular flexibility index (Phi) is 1.74. The molecule has 0 spiro atoms. The highest BCUT2D eigenvalue weighted by Gasteiger charge is 2.15. The van der Waals surface area contributed by atoms with E-state index in [1.807, 2.05) is 12.1 Å².